The van der Waals surface area contributed by atoms with Gasteiger partial charge in [-0.15, -0.1) is 0 Å². The fourth-order valence-corrected chi connectivity index (χ4v) is 6.13. The van der Waals surface area contributed by atoms with Gasteiger partial charge in [-0.25, -0.2) is 13.8 Å². The van der Waals surface area contributed by atoms with Crippen molar-refractivity contribution < 1.29 is 13.2 Å². The molecular formula is C31H34N4O3S. The topological polar surface area (TPSA) is 83.8 Å². The Hall–Kier alpha value is -4.17. The average molecular weight is 543 g/mol. The Bertz CT molecular complexity index is 1650. The Balaban J connectivity index is 1.58. The maximum absolute atomic E-state index is 13.7. The molecule has 8 heteroatoms. The number of benzene rings is 3. The third kappa shape index (κ3) is 6.12. The van der Waals surface area contributed by atoms with E-state index in [0.717, 1.165) is 49.2 Å². The number of sulfonamides is 1. The summed E-state index contributed by atoms with van der Waals surface area (Å²) in [7, 11) is -4.00. The normalized spacial score (nSPS) is 11.6. The van der Waals surface area contributed by atoms with Gasteiger partial charge < -0.3 is 4.57 Å². The van der Waals surface area contributed by atoms with Crippen LogP contribution in [-0.2, 0) is 14.8 Å². The minimum Gasteiger partial charge on any atom is -0.318 e. The maximum atomic E-state index is 13.7. The third-order valence-corrected chi connectivity index (χ3v) is 8.41. The van der Waals surface area contributed by atoms with Crippen molar-refractivity contribution in [2.24, 2.45) is 5.10 Å². The number of hydrogen-bond acceptors (Lipinski definition) is 4. The Morgan fingerprint density at radius 2 is 1.54 bits per heavy atom. The van der Waals surface area contributed by atoms with Crippen molar-refractivity contribution in [3.8, 4) is 5.69 Å². The van der Waals surface area contributed by atoms with Crippen molar-refractivity contribution >= 4 is 27.8 Å². The van der Waals surface area contributed by atoms with Crippen LogP contribution in [0.5, 0.6) is 0 Å². The van der Waals surface area contributed by atoms with Gasteiger partial charge in [-0.3, -0.25) is 9.10 Å². The number of anilines is 1. The van der Waals surface area contributed by atoms with Gasteiger partial charge in [0.25, 0.3) is 15.9 Å². The van der Waals surface area contributed by atoms with Gasteiger partial charge in [0, 0.05) is 22.6 Å². The second kappa shape index (κ2) is 11.3. The molecule has 39 heavy (non-hydrogen) atoms. The van der Waals surface area contributed by atoms with Gasteiger partial charge in [-0.2, -0.15) is 5.10 Å². The first-order valence-corrected chi connectivity index (χ1v) is 14.2. The first-order chi connectivity index (χ1) is 18.5. The number of hydrogen-bond donors (Lipinski definition) is 1. The maximum Gasteiger partial charge on any atom is 0.264 e. The summed E-state index contributed by atoms with van der Waals surface area (Å²) in [4.78, 5) is 13.1. The fraction of sp³-hybridized carbons (Fsp3) is 0.226. The van der Waals surface area contributed by atoms with Crippen molar-refractivity contribution in [2.45, 2.75) is 46.4 Å². The molecule has 0 unspecified atom stereocenters. The van der Waals surface area contributed by atoms with Crippen molar-refractivity contribution in [1.29, 1.82) is 0 Å². The van der Waals surface area contributed by atoms with Crippen LogP contribution in [0.3, 0.4) is 0 Å². The molecule has 3 aromatic carbocycles. The van der Waals surface area contributed by atoms with E-state index in [2.05, 4.69) is 34.2 Å². The van der Waals surface area contributed by atoms with Gasteiger partial charge in [0.05, 0.1) is 16.8 Å². The molecular weight excluding hydrogens is 508 g/mol. The molecule has 1 amide bonds. The number of carbonyl (C=O) groups excluding carboxylic acids is 1. The summed E-state index contributed by atoms with van der Waals surface area (Å²) in [5, 5.41) is 4.16. The number of nitrogens with one attached hydrogen (secondary N) is 1. The minimum absolute atomic E-state index is 0.118. The number of aromatic nitrogens is 1. The highest BCUT2D eigenvalue weighted by Crippen LogP contribution is 2.28. The van der Waals surface area contributed by atoms with Gasteiger partial charge in [-0.05, 0) is 89.1 Å². The summed E-state index contributed by atoms with van der Waals surface area (Å²) in [5.41, 5.74) is 10.8. The zero-order valence-corrected chi connectivity index (χ0v) is 24.0. The Labute approximate surface area is 230 Å². The second-order valence-corrected chi connectivity index (χ2v) is 11.8. The molecule has 7 nitrogen and oxygen atoms in total. The van der Waals surface area contributed by atoms with E-state index in [-0.39, 0.29) is 4.90 Å². The quantitative estimate of drug-likeness (QED) is 0.230. The minimum atomic E-state index is -4.00. The molecule has 202 valence electrons. The van der Waals surface area contributed by atoms with Crippen LogP contribution in [0.25, 0.3) is 5.69 Å². The molecule has 0 aliphatic carbocycles. The van der Waals surface area contributed by atoms with Crippen LogP contribution in [0.15, 0.2) is 82.8 Å². The fourth-order valence-electron chi connectivity index (χ4n) is 4.64. The molecule has 4 aromatic rings. The van der Waals surface area contributed by atoms with E-state index in [9.17, 15) is 13.2 Å². The highest BCUT2D eigenvalue weighted by atomic mass is 32.2. The van der Waals surface area contributed by atoms with Crippen LogP contribution >= 0.6 is 0 Å². The standard InChI is InChI=1S/C31H34N4O3S/c1-21-10-13-29(14-11-21)39(37,38)34(30-15-12-23(3)16-24(30)4)20-31(36)33-32-19-27-18-25(5)35(26(27)6)28-9-7-8-22(2)17-28/h7-19H,20H2,1-6H3,(H,33,36)/b32-19-. The number of aryl methyl sites for hydroxylation is 5. The third-order valence-electron chi connectivity index (χ3n) is 6.64. The number of carbonyl (C=O) groups is 1. The van der Waals surface area contributed by atoms with Crippen LogP contribution in [0.1, 0.15) is 39.2 Å². The molecule has 0 aliphatic heterocycles. The SMILES string of the molecule is Cc1ccc(S(=O)(=O)N(CC(=O)N/N=C\c2cc(C)n(-c3cccc(C)c3)c2C)c2ccc(C)cc2C)cc1. The number of rotatable bonds is 8. The zero-order chi connectivity index (χ0) is 28.3. The van der Waals surface area contributed by atoms with Crippen molar-refractivity contribution in [1.82, 2.24) is 9.99 Å². The van der Waals surface area contributed by atoms with Crippen LogP contribution in [-0.4, -0.2) is 31.7 Å². The summed E-state index contributed by atoms with van der Waals surface area (Å²) in [6, 6.07) is 22.3. The second-order valence-electron chi connectivity index (χ2n) is 9.91. The first kappa shape index (κ1) is 27.9. The molecule has 0 atom stereocenters. The lowest BCUT2D eigenvalue weighted by Crippen LogP contribution is -2.40. The molecule has 1 aromatic heterocycles. The molecule has 0 saturated heterocycles. The van der Waals surface area contributed by atoms with Gasteiger partial charge in [-0.1, -0.05) is 47.5 Å². The molecule has 4 rings (SSSR count). The van der Waals surface area contributed by atoms with E-state index >= 15 is 0 Å². The smallest absolute Gasteiger partial charge is 0.264 e. The number of nitrogens with zero attached hydrogens (tertiary/aromatic N) is 3. The van der Waals surface area contributed by atoms with Crippen LogP contribution < -0.4 is 9.73 Å². The lowest BCUT2D eigenvalue weighted by molar-refractivity contribution is -0.119. The highest BCUT2D eigenvalue weighted by molar-refractivity contribution is 7.92. The van der Waals surface area contributed by atoms with Crippen molar-refractivity contribution in [3.63, 3.8) is 0 Å². The lowest BCUT2D eigenvalue weighted by atomic mass is 10.1. The van der Waals surface area contributed by atoms with E-state index < -0.39 is 22.5 Å². The van der Waals surface area contributed by atoms with Gasteiger partial charge in [0.15, 0.2) is 0 Å². The summed E-state index contributed by atoms with van der Waals surface area (Å²) < 4.78 is 30.6. The Morgan fingerprint density at radius 1 is 0.872 bits per heavy atom. The largest absolute Gasteiger partial charge is 0.318 e. The molecule has 0 saturated carbocycles. The molecule has 1 heterocycles. The first-order valence-electron chi connectivity index (χ1n) is 12.7. The van der Waals surface area contributed by atoms with Gasteiger partial charge in [0.1, 0.15) is 6.54 Å². The van der Waals surface area contributed by atoms with E-state index in [1.54, 1.807) is 36.5 Å². The van der Waals surface area contributed by atoms with Gasteiger partial charge >= 0.3 is 0 Å². The van der Waals surface area contributed by atoms with Gasteiger partial charge in [0.2, 0.25) is 0 Å². The van der Waals surface area contributed by atoms with E-state index in [1.807, 2.05) is 65.0 Å². The lowest BCUT2D eigenvalue weighted by Gasteiger charge is -2.25. The zero-order valence-electron chi connectivity index (χ0n) is 23.2. The number of hydrazone groups is 1. The average Bonchev–Trinajstić information content (AvgIpc) is 3.15. The van der Waals surface area contributed by atoms with E-state index in [1.165, 1.54) is 0 Å². The molecule has 1 N–H and O–H groups in total. The predicted octanol–water partition coefficient (Wildman–Crippen LogP) is 5.67. The summed E-state index contributed by atoms with van der Waals surface area (Å²) >= 11 is 0. The Morgan fingerprint density at radius 3 is 2.21 bits per heavy atom. The van der Waals surface area contributed by atoms with Crippen LogP contribution in [0.2, 0.25) is 0 Å². The van der Waals surface area contributed by atoms with Crippen LogP contribution in [0, 0.1) is 41.5 Å². The van der Waals surface area contributed by atoms with Crippen LogP contribution in [0.4, 0.5) is 5.69 Å². The molecule has 0 aliphatic rings. The Kier molecular flexibility index (Phi) is 8.06. The molecule has 0 bridgehead atoms. The highest BCUT2D eigenvalue weighted by Gasteiger charge is 2.28. The summed E-state index contributed by atoms with van der Waals surface area (Å²) in [5.74, 6) is -0.547. The predicted molar refractivity (Wildman–Crippen MR) is 157 cm³/mol. The monoisotopic (exact) mass is 542 g/mol. The summed E-state index contributed by atoms with van der Waals surface area (Å²) in [6.07, 6.45) is 1.59. The molecule has 0 fully saturated rings. The molecule has 0 spiro atoms. The van der Waals surface area contributed by atoms with E-state index in [4.69, 9.17) is 0 Å². The summed E-state index contributed by atoms with van der Waals surface area (Å²) in [6.45, 7) is 11.3. The molecule has 0 radical (unpaired) electrons. The van der Waals surface area contributed by atoms with Crippen molar-refractivity contribution in [2.75, 3.05) is 10.8 Å². The van der Waals surface area contributed by atoms with E-state index in [0.29, 0.717) is 5.69 Å². The number of amides is 1. The van der Waals surface area contributed by atoms with Crippen molar-refractivity contribution in [3.05, 3.63) is 112 Å².